The Hall–Kier alpha value is -1.49. The van der Waals surface area contributed by atoms with Crippen LogP contribution in [0.3, 0.4) is 0 Å². The van der Waals surface area contributed by atoms with E-state index in [1.54, 1.807) is 6.20 Å². The molecule has 5 heteroatoms. The predicted octanol–water partition coefficient (Wildman–Crippen LogP) is 0.401. The Morgan fingerprint density at radius 3 is 3.12 bits per heavy atom. The summed E-state index contributed by atoms with van der Waals surface area (Å²) in [6.07, 6.45) is 2.60. The monoisotopic (exact) mass is 234 g/mol. The molecule has 1 fully saturated rings. The predicted molar refractivity (Wildman–Crippen MR) is 64.2 cm³/mol. The molecule has 1 aliphatic heterocycles. The minimum absolute atomic E-state index is 0.0961. The van der Waals surface area contributed by atoms with E-state index < -0.39 is 0 Å². The molecular weight excluding hydrogens is 216 g/mol. The molecule has 5 nitrogen and oxygen atoms in total. The van der Waals surface area contributed by atoms with E-state index in [-0.39, 0.29) is 11.3 Å². The molecule has 1 aromatic heterocycles. The van der Waals surface area contributed by atoms with E-state index in [1.165, 1.54) is 0 Å². The molecule has 92 valence electrons. The summed E-state index contributed by atoms with van der Waals surface area (Å²) in [4.78, 5) is 20.3. The van der Waals surface area contributed by atoms with Gasteiger partial charge in [-0.15, -0.1) is 0 Å². The largest absolute Gasteiger partial charge is 0.350 e. The van der Waals surface area contributed by atoms with Gasteiger partial charge in [-0.3, -0.25) is 4.79 Å². The van der Waals surface area contributed by atoms with E-state index in [2.05, 4.69) is 20.6 Å². The van der Waals surface area contributed by atoms with Crippen LogP contribution < -0.4 is 10.6 Å². The first-order valence-corrected chi connectivity index (χ1v) is 5.88. The summed E-state index contributed by atoms with van der Waals surface area (Å²) in [7, 11) is 0. The molecule has 0 radical (unpaired) electrons. The molecule has 1 aromatic rings. The van der Waals surface area contributed by atoms with E-state index in [9.17, 15) is 4.79 Å². The SMILES string of the molecule is Cc1nccc(CNC(=O)C2(C)CCNC2)n1. The van der Waals surface area contributed by atoms with Gasteiger partial charge in [-0.2, -0.15) is 0 Å². The number of hydrogen-bond donors (Lipinski definition) is 2. The van der Waals surface area contributed by atoms with E-state index in [0.717, 1.165) is 31.0 Å². The van der Waals surface area contributed by atoms with Gasteiger partial charge >= 0.3 is 0 Å². The highest BCUT2D eigenvalue weighted by Crippen LogP contribution is 2.24. The number of nitrogens with one attached hydrogen (secondary N) is 2. The Balaban J connectivity index is 1.92. The van der Waals surface area contributed by atoms with Crippen molar-refractivity contribution in [2.24, 2.45) is 5.41 Å². The van der Waals surface area contributed by atoms with Crippen molar-refractivity contribution in [3.8, 4) is 0 Å². The Morgan fingerprint density at radius 2 is 2.47 bits per heavy atom. The standard InChI is InChI=1S/C12H18N4O/c1-9-14-5-3-10(16-9)7-15-11(17)12(2)4-6-13-8-12/h3,5,13H,4,6-8H2,1-2H3,(H,15,17). The first kappa shape index (κ1) is 12.0. The molecule has 0 bridgehead atoms. The van der Waals surface area contributed by atoms with Gasteiger partial charge in [-0.25, -0.2) is 9.97 Å². The lowest BCUT2D eigenvalue weighted by molar-refractivity contribution is -0.129. The van der Waals surface area contributed by atoms with Crippen molar-refractivity contribution in [3.63, 3.8) is 0 Å². The van der Waals surface area contributed by atoms with Crippen LogP contribution in [0.4, 0.5) is 0 Å². The van der Waals surface area contributed by atoms with E-state index in [0.29, 0.717) is 6.54 Å². The third-order valence-corrected chi connectivity index (χ3v) is 3.18. The summed E-state index contributed by atoms with van der Waals surface area (Å²) in [5.41, 5.74) is 0.572. The number of carbonyl (C=O) groups excluding carboxylic acids is 1. The molecule has 2 rings (SSSR count). The van der Waals surface area contributed by atoms with Gasteiger partial charge in [-0.05, 0) is 32.9 Å². The van der Waals surface area contributed by atoms with Crippen molar-refractivity contribution in [1.82, 2.24) is 20.6 Å². The quantitative estimate of drug-likeness (QED) is 0.794. The van der Waals surface area contributed by atoms with Crippen molar-refractivity contribution >= 4 is 5.91 Å². The van der Waals surface area contributed by atoms with Crippen molar-refractivity contribution in [1.29, 1.82) is 0 Å². The van der Waals surface area contributed by atoms with Gasteiger partial charge in [0.2, 0.25) is 5.91 Å². The van der Waals surface area contributed by atoms with Crippen LogP contribution in [0.5, 0.6) is 0 Å². The second kappa shape index (κ2) is 4.79. The van der Waals surface area contributed by atoms with Crippen LogP contribution in [0.2, 0.25) is 0 Å². The molecule has 1 aliphatic rings. The zero-order valence-corrected chi connectivity index (χ0v) is 10.3. The van der Waals surface area contributed by atoms with E-state index in [4.69, 9.17) is 0 Å². The fourth-order valence-electron chi connectivity index (χ4n) is 2.00. The highest BCUT2D eigenvalue weighted by Gasteiger charge is 2.35. The van der Waals surface area contributed by atoms with Crippen LogP contribution in [-0.2, 0) is 11.3 Å². The Morgan fingerprint density at radius 1 is 1.65 bits per heavy atom. The molecule has 1 atom stereocenters. The molecule has 1 unspecified atom stereocenters. The molecule has 0 spiro atoms. The molecule has 0 aromatic carbocycles. The van der Waals surface area contributed by atoms with E-state index >= 15 is 0 Å². The topological polar surface area (TPSA) is 66.9 Å². The van der Waals surface area contributed by atoms with Gasteiger partial charge in [-0.1, -0.05) is 0 Å². The summed E-state index contributed by atoms with van der Waals surface area (Å²) in [6.45, 7) is 5.97. The summed E-state index contributed by atoms with van der Waals surface area (Å²) >= 11 is 0. The molecule has 1 saturated heterocycles. The Kier molecular flexibility index (Phi) is 3.38. The number of hydrogen-bond acceptors (Lipinski definition) is 4. The molecule has 1 amide bonds. The lowest BCUT2D eigenvalue weighted by Gasteiger charge is -2.21. The zero-order chi connectivity index (χ0) is 12.3. The normalized spacial score (nSPS) is 23.6. The second-order valence-corrected chi connectivity index (χ2v) is 4.77. The van der Waals surface area contributed by atoms with E-state index in [1.807, 2.05) is 19.9 Å². The number of rotatable bonds is 3. The van der Waals surface area contributed by atoms with Gasteiger partial charge < -0.3 is 10.6 Å². The summed E-state index contributed by atoms with van der Waals surface area (Å²) < 4.78 is 0. The van der Waals surface area contributed by atoms with Crippen LogP contribution in [0.25, 0.3) is 0 Å². The fourth-order valence-corrected chi connectivity index (χ4v) is 2.00. The molecule has 0 saturated carbocycles. The molecule has 17 heavy (non-hydrogen) atoms. The van der Waals surface area contributed by atoms with Gasteiger partial charge in [0.15, 0.2) is 0 Å². The molecule has 0 aliphatic carbocycles. The lowest BCUT2D eigenvalue weighted by Crippen LogP contribution is -2.40. The summed E-state index contributed by atoms with van der Waals surface area (Å²) in [5, 5.41) is 6.15. The van der Waals surface area contributed by atoms with Crippen LogP contribution in [0.1, 0.15) is 24.9 Å². The fraction of sp³-hybridized carbons (Fsp3) is 0.583. The van der Waals surface area contributed by atoms with Crippen molar-refractivity contribution in [2.45, 2.75) is 26.8 Å². The van der Waals surface area contributed by atoms with Gasteiger partial charge in [0, 0.05) is 12.7 Å². The molecule has 2 N–H and O–H groups in total. The third kappa shape index (κ3) is 2.79. The van der Waals surface area contributed by atoms with Crippen molar-refractivity contribution in [3.05, 3.63) is 23.8 Å². The maximum Gasteiger partial charge on any atom is 0.227 e. The highest BCUT2D eigenvalue weighted by atomic mass is 16.2. The van der Waals surface area contributed by atoms with Crippen LogP contribution in [0.15, 0.2) is 12.3 Å². The minimum Gasteiger partial charge on any atom is -0.350 e. The molecular formula is C12H18N4O. The first-order valence-electron chi connectivity index (χ1n) is 5.88. The summed E-state index contributed by atoms with van der Waals surface area (Å²) in [5.74, 6) is 0.823. The van der Waals surface area contributed by atoms with Crippen LogP contribution in [0, 0.1) is 12.3 Å². The summed E-state index contributed by atoms with van der Waals surface area (Å²) in [6, 6.07) is 1.82. The highest BCUT2D eigenvalue weighted by molar-refractivity contribution is 5.82. The smallest absolute Gasteiger partial charge is 0.227 e. The average molecular weight is 234 g/mol. The zero-order valence-electron chi connectivity index (χ0n) is 10.3. The van der Waals surface area contributed by atoms with Crippen LogP contribution >= 0.6 is 0 Å². The van der Waals surface area contributed by atoms with Gasteiger partial charge in [0.05, 0.1) is 17.7 Å². The third-order valence-electron chi connectivity index (χ3n) is 3.18. The number of nitrogens with zero attached hydrogens (tertiary/aromatic N) is 2. The number of aryl methyl sites for hydroxylation is 1. The second-order valence-electron chi connectivity index (χ2n) is 4.77. The molecule has 2 heterocycles. The minimum atomic E-state index is -0.276. The number of aromatic nitrogens is 2. The lowest BCUT2D eigenvalue weighted by atomic mass is 9.89. The Bertz CT molecular complexity index is 413. The van der Waals surface area contributed by atoms with Crippen molar-refractivity contribution in [2.75, 3.05) is 13.1 Å². The van der Waals surface area contributed by atoms with Gasteiger partial charge in [0.1, 0.15) is 5.82 Å². The van der Waals surface area contributed by atoms with Gasteiger partial charge in [0.25, 0.3) is 0 Å². The maximum absolute atomic E-state index is 12.0. The Labute approximate surface area is 101 Å². The van der Waals surface area contributed by atoms with Crippen molar-refractivity contribution < 1.29 is 4.79 Å². The van der Waals surface area contributed by atoms with Crippen LogP contribution in [-0.4, -0.2) is 29.0 Å². The maximum atomic E-state index is 12.0. The number of amides is 1. The number of carbonyl (C=O) groups is 1. The average Bonchev–Trinajstić information content (AvgIpc) is 2.74. The first-order chi connectivity index (χ1) is 8.10.